The number of carbonyl (C=O) groups is 1. The van der Waals surface area contributed by atoms with Crippen molar-refractivity contribution in [1.29, 1.82) is 0 Å². The van der Waals surface area contributed by atoms with E-state index in [4.69, 9.17) is 28.9 Å². The van der Waals surface area contributed by atoms with Gasteiger partial charge in [-0.3, -0.25) is 4.79 Å². The van der Waals surface area contributed by atoms with E-state index in [-0.39, 0.29) is 11.1 Å². The minimum absolute atomic E-state index is 0.214. The molecule has 92 valence electrons. The Morgan fingerprint density at radius 2 is 2.06 bits per heavy atom. The topological polar surface area (TPSA) is 68.0 Å². The van der Waals surface area contributed by atoms with E-state index in [1.54, 1.807) is 24.3 Å². The standard InChI is InChI=1S/C12H9Cl2N3O/c13-7-3-4-9(15)8(6-7)12(18)17-10-2-1-5-16-11(10)14/h1-6H,15H2,(H,17,18). The van der Waals surface area contributed by atoms with Crippen molar-refractivity contribution in [1.82, 2.24) is 4.98 Å². The van der Waals surface area contributed by atoms with Gasteiger partial charge >= 0.3 is 0 Å². The number of hydrogen-bond acceptors (Lipinski definition) is 3. The molecule has 3 N–H and O–H groups in total. The molecule has 0 aliphatic carbocycles. The molecule has 0 unspecified atom stereocenters. The van der Waals surface area contributed by atoms with Crippen LogP contribution in [0.5, 0.6) is 0 Å². The number of carbonyl (C=O) groups excluding carboxylic acids is 1. The fourth-order valence-corrected chi connectivity index (χ4v) is 1.73. The number of hydrogen-bond donors (Lipinski definition) is 2. The highest BCUT2D eigenvalue weighted by atomic mass is 35.5. The number of nitrogens with one attached hydrogen (secondary N) is 1. The van der Waals surface area contributed by atoms with Gasteiger partial charge in [0.2, 0.25) is 0 Å². The Hall–Kier alpha value is -1.78. The van der Waals surface area contributed by atoms with Crippen LogP contribution in [0, 0.1) is 0 Å². The van der Waals surface area contributed by atoms with E-state index in [0.29, 0.717) is 22.0 Å². The van der Waals surface area contributed by atoms with Crippen LogP contribution in [-0.4, -0.2) is 10.9 Å². The molecule has 1 heterocycles. The largest absolute Gasteiger partial charge is 0.398 e. The first-order valence-corrected chi connectivity index (χ1v) is 5.80. The fourth-order valence-electron chi connectivity index (χ4n) is 1.39. The highest BCUT2D eigenvalue weighted by Gasteiger charge is 2.12. The summed E-state index contributed by atoms with van der Waals surface area (Å²) in [5.74, 6) is -0.384. The van der Waals surface area contributed by atoms with Gasteiger partial charge in [-0.15, -0.1) is 0 Å². The van der Waals surface area contributed by atoms with Crippen molar-refractivity contribution in [2.24, 2.45) is 0 Å². The predicted octanol–water partition coefficient (Wildman–Crippen LogP) is 3.22. The molecule has 0 bridgehead atoms. The third kappa shape index (κ3) is 2.72. The van der Waals surface area contributed by atoms with E-state index >= 15 is 0 Å². The zero-order valence-corrected chi connectivity index (χ0v) is 10.7. The van der Waals surface area contributed by atoms with Crippen molar-refractivity contribution < 1.29 is 4.79 Å². The highest BCUT2D eigenvalue weighted by molar-refractivity contribution is 6.33. The summed E-state index contributed by atoms with van der Waals surface area (Å²) < 4.78 is 0. The molecule has 1 aromatic heterocycles. The molecule has 0 aliphatic rings. The number of nitrogens with zero attached hydrogens (tertiary/aromatic N) is 1. The van der Waals surface area contributed by atoms with Gasteiger partial charge in [0.25, 0.3) is 5.91 Å². The Labute approximate surface area is 114 Å². The second-order valence-electron chi connectivity index (χ2n) is 3.53. The molecule has 0 aliphatic heterocycles. The molecular weight excluding hydrogens is 273 g/mol. The monoisotopic (exact) mass is 281 g/mol. The second kappa shape index (κ2) is 5.25. The number of halogens is 2. The van der Waals surface area contributed by atoms with Gasteiger partial charge in [-0.25, -0.2) is 4.98 Å². The Bertz CT molecular complexity index is 602. The highest BCUT2D eigenvalue weighted by Crippen LogP contribution is 2.22. The number of nitrogen functional groups attached to an aromatic ring is 1. The first-order chi connectivity index (χ1) is 8.58. The molecule has 1 aromatic carbocycles. The fraction of sp³-hybridized carbons (Fsp3) is 0. The van der Waals surface area contributed by atoms with Crippen LogP contribution in [0.1, 0.15) is 10.4 Å². The molecule has 0 fully saturated rings. The zero-order valence-electron chi connectivity index (χ0n) is 9.15. The molecule has 18 heavy (non-hydrogen) atoms. The van der Waals surface area contributed by atoms with Gasteiger partial charge in [0.15, 0.2) is 5.15 Å². The van der Waals surface area contributed by atoms with E-state index in [9.17, 15) is 4.79 Å². The first kappa shape index (κ1) is 12.7. The molecule has 1 amide bonds. The Balaban J connectivity index is 2.28. The number of rotatable bonds is 2. The molecular formula is C12H9Cl2N3O. The molecule has 0 atom stereocenters. The summed E-state index contributed by atoms with van der Waals surface area (Å²) in [5.41, 5.74) is 6.77. The number of nitrogens with two attached hydrogens (primary N) is 1. The van der Waals surface area contributed by atoms with E-state index in [1.165, 1.54) is 12.3 Å². The van der Waals surface area contributed by atoms with Crippen molar-refractivity contribution in [2.75, 3.05) is 11.1 Å². The van der Waals surface area contributed by atoms with Crippen LogP contribution in [-0.2, 0) is 0 Å². The maximum absolute atomic E-state index is 12.0. The number of aromatic nitrogens is 1. The number of benzene rings is 1. The van der Waals surface area contributed by atoms with E-state index in [0.717, 1.165) is 0 Å². The molecule has 0 saturated carbocycles. The van der Waals surface area contributed by atoms with Crippen LogP contribution in [0.2, 0.25) is 10.2 Å². The van der Waals surface area contributed by atoms with Gasteiger partial charge in [-0.2, -0.15) is 0 Å². The van der Waals surface area contributed by atoms with Gasteiger partial charge in [0, 0.05) is 16.9 Å². The van der Waals surface area contributed by atoms with Crippen molar-refractivity contribution in [3.63, 3.8) is 0 Å². The zero-order chi connectivity index (χ0) is 13.1. The summed E-state index contributed by atoms with van der Waals surface area (Å²) in [6.07, 6.45) is 1.53. The van der Waals surface area contributed by atoms with E-state index < -0.39 is 0 Å². The average Bonchev–Trinajstić information content (AvgIpc) is 2.35. The minimum atomic E-state index is -0.384. The summed E-state index contributed by atoms with van der Waals surface area (Å²) in [4.78, 5) is 15.9. The predicted molar refractivity (Wildman–Crippen MR) is 73.1 cm³/mol. The van der Waals surface area contributed by atoms with Crippen molar-refractivity contribution >= 4 is 40.5 Å². The molecule has 6 heteroatoms. The number of anilines is 2. The maximum Gasteiger partial charge on any atom is 0.257 e. The minimum Gasteiger partial charge on any atom is -0.398 e. The molecule has 2 rings (SSSR count). The van der Waals surface area contributed by atoms with Gasteiger partial charge in [-0.05, 0) is 30.3 Å². The lowest BCUT2D eigenvalue weighted by atomic mass is 10.1. The SMILES string of the molecule is Nc1ccc(Cl)cc1C(=O)Nc1cccnc1Cl. The van der Waals surface area contributed by atoms with Crippen molar-refractivity contribution in [2.45, 2.75) is 0 Å². The molecule has 2 aromatic rings. The van der Waals surface area contributed by atoms with E-state index in [2.05, 4.69) is 10.3 Å². The van der Waals surface area contributed by atoms with Crippen LogP contribution >= 0.6 is 23.2 Å². The quantitative estimate of drug-likeness (QED) is 0.656. The first-order valence-electron chi connectivity index (χ1n) is 5.05. The molecule has 0 saturated heterocycles. The lowest BCUT2D eigenvalue weighted by Gasteiger charge is -2.08. The van der Waals surface area contributed by atoms with Gasteiger partial charge in [0.1, 0.15) is 0 Å². The second-order valence-corrected chi connectivity index (χ2v) is 4.32. The summed E-state index contributed by atoms with van der Waals surface area (Å²) >= 11 is 11.7. The third-order valence-electron chi connectivity index (χ3n) is 2.27. The number of pyridine rings is 1. The Morgan fingerprint density at radius 1 is 1.28 bits per heavy atom. The Morgan fingerprint density at radius 3 is 2.78 bits per heavy atom. The van der Waals surface area contributed by atoms with Crippen LogP contribution < -0.4 is 11.1 Å². The summed E-state index contributed by atoms with van der Waals surface area (Å²) in [5, 5.41) is 3.27. The van der Waals surface area contributed by atoms with Crippen LogP contribution in [0.4, 0.5) is 11.4 Å². The molecule has 0 radical (unpaired) electrons. The lowest BCUT2D eigenvalue weighted by Crippen LogP contribution is -2.14. The smallest absolute Gasteiger partial charge is 0.257 e. The van der Waals surface area contributed by atoms with Gasteiger partial charge in [0.05, 0.1) is 11.3 Å². The van der Waals surface area contributed by atoms with Gasteiger partial charge < -0.3 is 11.1 Å². The average molecular weight is 282 g/mol. The van der Waals surface area contributed by atoms with Gasteiger partial charge in [-0.1, -0.05) is 23.2 Å². The summed E-state index contributed by atoms with van der Waals surface area (Å²) in [7, 11) is 0. The van der Waals surface area contributed by atoms with Crippen molar-refractivity contribution in [3.05, 3.63) is 52.3 Å². The number of amides is 1. The van der Waals surface area contributed by atoms with E-state index in [1.807, 2.05) is 0 Å². The molecule has 4 nitrogen and oxygen atoms in total. The van der Waals surface area contributed by atoms with Crippen LogP contribution in [0.15, 0.2) is 36.5 Å². The summed E-state index contributed by atoms with van der Waals surface area (Å²) in [6.45, 7) is 0. The van der Waals surface area contributed by atoms with Crippen molar-refractivity contribution in [3.8, 4) is 0 Å². The maximum atomic E-state index is 12.0. The Kier molecular flexibility index (Phi) is 3.69. The lowest BCUT2D eigenvalue weighted by molar-refractivity contribution is 0.102. The van der Waals surface area contributed by atoms with Crippen LogP contribution in [0.25, 0.3) is 0 Å². The summed E-state index contributed by atoms with van der Waals surface area (Å²) in [6, 6.07) is 8.00. The normalized spacial score (nSPS) is 10.1. The molecule has 0 spiro atoms. The third-order valence-corrected chi connectivity index (χ3v) is 2.80. The van der Waals surface area contributed by atoms with Crippen LogP contribution in [0.3, 0.4) is 0 Å².